The van der Waals surface area contributed by atoms with Gasteiger partial charge in [0.2, 0.25) is 11.8 Å². The number of rotatable bonds is 10. The normalized spacial score (nSPS) is 18.7. The van der Waals surface area contributed by atoms with E-state index in [0.29, 0.717) is 19.5 Å². The highest BCUT2D eigenvalue weighted by molar-refractivity contribution is 7.98. The van der Waals surface area contributed by atoms with E-state index < -0.39 is 12.2 Å². The lowest BCUT2D eigenvalue weighted by Gasteiger charge is -2.55. The van der Waals surface area contributed by atoms with E-state index >= 15 is 0 Å². The summed E-state index contributed by atoms with van der Waals surface area (Å²) >= 11 is 1.76. The molecule has 0 aliphatic carbocycles. The Hall–Kier alpha value is -4.24. The Bertz CT molecular complexity index is 1340. The molecule has 2 aliphatic rings. The van der Waals surface area contributed by atoms with E-state index in [-0.39, 0.29) is 30.9 Å². The molecule has 2 heterocycles. The number of carbonyl (C=O) groups is 3. The first-order valence-electron chi connectivity index (χ1n) is 13.8. The lowest BCUT2D eigenvalue weighted by atomic mass is 9.99. The average molecular weight is 570 g/mol. The number of thioether (sulfide) groups is 1. The monoisotopic (exact) mass is 569 g/mol. The molecule has 41 heavy (non-hydrogen) atoms. The molecule has 0 bridgehead atoms. The highest BCUT2D eigenvalue weighted by atomic mass is 32.2. The van der Waals surface area contributed by atoms with E-state index in [1.54, 1.807) is 26.7 Å². The van der Waals surface area contributed by atoms with Crippen molar-refractivity contribution in [1.82, 2.24) is 25.1 Å². The lowest BCUT2D eigenvalue weighted by Crippen LogP contribution is -2.76. The molecule has 2 atom stereocenters. The molecule has 2 fully saturated rings. The SMILES string of the molecule is C=CN1CC(=O)N2[C@@H](Cc3ccccc3)C(=O)N(CCSCc3ccccc3)C[C@@H]2N1C(=O)NCc1ccccc1. The first kappa shape index (κ1) is 28.3. The molecule has 2 aliphatic heterocycles. The first-order chi connectivity index (χ1) is 20.0. The summed E-state index contributed by atoms with van der Waals surface area (Å²) in [4.78, 5) is 44.5. The predicted molar refractivity (Wildman–Crippen MR) is 161 cm³/mol. The van der Waals surface area contributed by atoms with Gasteiger partial charge in [-0.2, -0.15) is 11.8 Å². The average Bonchev–Trinajstić information content (AvgIpc) is 3.01. The van der Waals surface area contributed by atoms with Gasteiger partial charge in [-0.3, -0.25) is 14.6 Å². The lowest BCUT2D eigenvalue weighted by molar-refractivity contribution is -0.183. The van der Waals surface area contributed by atoms with Crippen molar-refractivity contribution >= 4 is 29.6 Å². The van der Waals surface area contributed by atoms with E-state index in [9.17, 15) is 14.4 Å². The van der Waals surface area contributed by atoms with Crippen LogP contribution in [0.5, 0.6) is 0 Å². The summed E-state index contributed by atoms with van der Waals surface area (Å²) in [5.41, 5.74) is 3.16. The van der Waals surface area contributed by atoms with Gasteiger partial charge in [0, 0.05) is 37.2 Å². The van der Waals surface area contributed by atoms with Gasteiger partial charge in [0.15, 0.2) is 0 Å². The molecule has 3 aromatic carbocycles. The summed E-state index contributed by atoms with van der Waals surface area (Å²) in [6.45, 7) is 4.89. The van der Waals surface area contributed by atoms with Crippen LogP contribution in [0.4, 0.5) is 4.79 Å². The summed E-state index contributed by atoms with van der Waals surface area (Å²) in [5.74, 6) is 1.30. The van der Waals surface area contributed by atoms with E-state index in [4.69, 9.17) is 0 Å². The molecule has 212 valence electrons. The molecule has 0 spiro atoms. The minimum Gasteiger partial charge on any atom is -0.336 e. The van der Waals surface area contributed by atoms with Crippen LogP contribution in [0.25, 0.3) is 0 Å². The second-order valence-electron chi connectivity index (χ2n) is 10.1. The summed E-state index contributed by atoms with van der Waals surface area (Å²) in [7, 11) is 0. The number of benzene rings is 3. The maximum absolute atomic E-state index is 13.9. The van der Waals surface area contributed by atoms with Gasteiger partial charge in [0.05, 0.1) is 6.54 Å². The molecular formula is C32H35N5O3S. The fourth-order valence-corrected chi connectivity index (χ4v) is 6.26. The smallest absolute Gasteiger partial charge is 0.336 e. The van der Waals surface area contributed by atoms with Gasteiger partial charge in [0.25, 0.3) is 0 Å². The summed E-state index contributed by atoms with van der Waals surface area (Å²) in [5, 5.41) is 6.10. The number of fused-ring (bicyclic) bond motifs is 1. The van der Waals surface area contributed by atoms with Gasteiger partial charge in [-0.05, 0) is 16.7 Å². The van der Waals surface area contributed by atoms with Crippen LogP contribution in [0.15, 0.2) is 104 Å². The highest BCUT2D eigenvalue weighted by Gasteiger charge is 2.50. The van der Waals surface area contributed by atoms with E-state index in [2.05, 4.69) is 24.0 Å². The van der Waals surface area contributed by atoms with Crippen molar-refractivity contribution in [3.8, 4) is 0 Å². The maximum Gasteiger partial charge on any atom is 0.338 e. The van der Waals surface area contributed by atoms with Gasteiger partial charge in [-0.25, -0.2) is 9.80 Å². The van der Waals surface area contributed by atoms with Crippen LogP contribution in [0.3, 0.4) is 0 Å². The molecule has 5 rings (SSSR count). The van der Waals surface area contributed by atoms with E-state index in [0.717, 1.165) is 22.6 Å². The van der Waals surface area contributed by atoms with Crippen LogP contribution in [0.1, 0.15) is 16.7 Å². The number of amides is 4. The van der Waals surface area contributed by atoms with Crippen molar-refractivity contribution < 1.29 is 14.4 Å². The Morgan fingerprint density at radius 3 is 2.15 bits per heavy atom. The molecule has 0 radical (unpaired) electrons. The Morgan fingerprint density at radius 2 is 1.51 bits per heavy atom. The molecule has 8 nitrogen and oxygen atoms in total. The van der Waals surface area contributed by atoms with Gasteiger partial charge < -0.3 is 15.1 Å². The molecule has 0 unspecified atom stereocenters. The minimum atomic E-state index is -0.709. The van der Waals surface area contributed by atoms with E-state index in [1.807, 2.05) is 83.8 Å². The van der Waals surface area contributed by atoms with E-state index in [1.165, 1.54) is 11.8 Å². The molecule has 9 heteroatoms. The second kappa shape index (κ2) is 13.4. The van der Waals surface area contributed by atoms with Gasteiger partial charge in [0.1, 0.15) is 18.8 Å². The van der Waals surface area contributed by atoms with Crippen molar-refractivity contribution in [2.24, 2.45) is 0 Å². The van der Waals surface area contributed by atoms with Gasteiger partial charge in [-0.1, -0.05) is 97.6 Å². The van der Waals surface area contributed by atoms with Crippen LogP contribution >= 0.6 is 11.8 Å². The van der Waals surface area contributed by atoms with Crippen molar-refractivity contribution in [2.45, 2.75) is 30.9 Å². The third-order valence-corrected chi connectivity index (χ3v) is 8.38. The van der Waals surface area contributed by atoms with Gasteiger partial charge >= 0.3 is 6.03 Å². The largest absolute Gasteiger partial charge is 0.338 e. The zero-order chi connectivity index (χ0) is 28.6. The standard InChI is InChI=1S/C32H35N5O3S/c1-2-35-23-30(38)36-28(20-25-12-6-3-7-13-25)31(39)34(18-19-41-24-27-16-10-5-11-17-27)22-29(36)37(35)32(40)33-21-26-14-8-4-9-15-26/h2-17,28-29H,1,18-24H2,(H,33,40)/t28-,29-/m0/s1. The quantitative estimate of drug-likeness (QED) is 0.372. The van der Waals surface area contributed by atoms with Crippen LogP contribution in [0, 0.1) is 0 Å². The van der Waals surface area contributed by atoms with Crippen molar-refractivity contribution in [3.05, 3.63) is 120 Å². The topological polar surface area (TPSA) is 76.2 Å². The Balaban J connectivity index is 1.37. The fraction of sp³-hybridized carbons (Fsp3) is 0.281. The molecule has 0 saturated carbocycles. The summed E-state index contributed by atoms with van der Waals surface area (Å²) < 4.78 is 0. The Morgan fingerprint density at radius 1 is 0.902 bits per heavy atom. The van der Waals surface area contributed by atoms with Gasteiger partial charge in [-0.15, -0.1) is 0 Å². The van der Waals surface area contributed by atoms with Crippen LogP contribution in [-0.2, 0) is 28.3 Å². The number of urea groups is 1. The van der Waals surface area contributed by atoms with Crippen molar-refractivity contribution in [2.75, 3.05) is 25.4 Å². The summed E-state index contributed by atoms with van der Waals surface area (Å²) in [6, 6.07) is 28.6. The van der Waals surface area contributed by atoms with Crippen molar-refractivity contribution in [3.63, 3.8) is 0 Å². The number of carbonyl (C=O) groups excluding carboxylic acids is 3. The van der Waals surface area contributed by atoms with Crippen LogP contribution in [-0.4, -0.2) is 75.3 Å². The first-order valence-corrected chi connectivity index (χ1v) is 15.0. The number of hydrogen-bond acceptors (Lipinski definition) is 5. The van der Waals surface area contributed by atoms with Crippen LogP contribution in [0.2, 0.25) is 0 Å². The zero-order valence-electron chi connectivity index (χ0n) is 23.0. The second-order valence-corrected chi connectivity index (χ2v) is 11.2. The predicted octanol–water partition coefficient (Wildman–Crippen LogP) is 4.11. The fourth-order valence-electron chi connectivity index (χ4n) is 5.34. The van der Waals surface area contributed by atoms with Crippen LogP contribution < -0.4 is 5.32 Å². The maximum atomic E-state index is 13.9. The third kappa shape index (κ3) is 6.74. The van der Waals surface area contributed by atoms with Crippen molar-refractivity contribution in [1.29, 1.82) is 0 Å². The third-order valence-electron chi connectivity index (χ3n) is 7.38. The number of piperazine rings is 1. The molecule has 3 aromatic rings. The number of hydrogen-bond donors (Lipinski definition) is 1. The number of nitrogens with zero attached hydrogens (tertiary/aromatic N) is 4. The molecule has 0 aromatic heterocycles. The number of nitrogens with one attached hydrogen (secondary N) is 1. The Labute approximate surface area is 245 Å². The Kier molecular flexibility index (Phi) is 9.26. The molecular weight excluding hydrogens is 534 g/mol. The number of hydrazine groups is 1. The minimum absolute atomic E-state index is 0.0652. The highest BCUT2D eigenvalue weighted by Crippen LogP contribution is 2.29. The summed E-state index contributed by atoms with van der Waals surface area (Å²) in [6.07, 6.45) is 1.22. The molecule has 2 saturated heterocycles. The molecule has 4 amide bonds. The molecule has 1 N–H and O–H groups in total. The zero-order valence-corrected chi connectivity index (χ0v) is 23.8.